The molecule has 0 heterocycles. The molecular weight excluding hydrogens is 174 g/mol. The Morgan fingerprint density at radius 2 is 1.79 bits per heavy atom. The highest BCUT2D eigenvalue weighted by Gasteiger charge is 2.01. The second kappa shape index (κ2) is 9.47. The Balaban J connectivity index is 3.15. The quantitative estimate of drug-likeness (QED) is 0.562. The van der Waals surface area contributed by atoms with E-state index in [2.05, 4.69) is 19.2 Å². The average molecular weight is 201 g/mol. The Kier molecular flexibility index (Phi) is 9.42. The third-order valence-electron chi connectivity index (χ3n) is 2.55. The first-order valence-electron chi connectivity index (χ1n) is 6.08. The summed E-state index contributed by atoms with van der Waals surface area (Å²) in [6.45, 7) is 7.25. The number of hydrogen-bond donors (Lipinski definition) is 2. The molecule has 0 aliphatic heterocycles. The van der Waals surface area contributed by atoms with Gasteiger partial charge in [-0.25, -0.2) is 0 Å². The maximum atomic E-state index is 9.07. The fourth-order valence-corrected chi connectivity index (χ4v) is 1.52. The van der Waals surface area contributed by atoms with Crippen molar-refractivity contribution in [3.8, 4) is 0 Å². The van der Waals surface area contributed by atoms with Gasteiger partial charge in [0.1, 0.15) is 0 Å². The molecule has 2 atom stereocenters. The standard InChI is InChI=1S/C12H27NO/c1-4-5-6-7-8-11(2)13-10-9-12(3)14/h11-14H,4-10H2,1-3H3/t11-,12+/m0/s1. The minimum absolute atomic E-state index is 0.171. The highest BCUT2D eigenvalue weighted by Crippen LogP contribution is 2.05. The van der Waals surface area contributed by atoms with Crippen LogP contribution in [0.3, 0.4) is 0 Å². The summed E-state index contributed by atoms with van der Waals surface area (Å²) in [5.74, 6) is 0. The van der Waals surface area contributed by atoms with Crippen LogP contribution in [0.15, 0.2) is 0 Å². The van der Waals surface area contributed by atoms with Gasteiger partial charge in [0.2, 0.25) is 0 Å². The average Bonchev–Trinajstić information content (AvgIpc) is 2.12. The lowest BCUT2D eigenvalue weighted by Crippen LogP contribution is -2.28. The molecule has 0 aliphatic carbocycles. The number of hydrogen-bond acceptors (Lipinski definition) is 2. The Labute approximate surface area is 89.1 Å². The maximum absolute atomic E-state index is 9.07. The molecule has 14 heavy (non-hydrogen) atoms. The van der Waals surface area contributed by atoms with Gasteiger partial charge in [-0.15, -0.1) is 0 Å². The van der Waals surface area contributed by atoms with Crippen molar-refractivity contribution in [2.75, 3.05) is 6.54 Å². The maximum Gasteiger partial charge on any atom is 0.0524 e. The molecule has 86 valence electrons. The predicted octanol–water partition coefficient (Wildman–Crippen LogP) is 2.71. The highest BCUT2D eigenvalue weighted by molar-refractivity contribution is 4.61. The summed E-state index contributed by atoms with van der Waals surface area (Å²) in [6.07, 6.45) is 7.31. The van der Waals surface area contributed by atoms with Crippen molar-refractivity contribution in [3.63, 3.8) is 0 Å². The number of nitrogens with one attached hydrogen (secondary N) is 1. The van der Waals surface area contributed by atoms with Crippen molar-refractivity contribution in [1.29, 1.82) is 0 Å². The largest absolute Gasteiger partial charge is 0.393 e. The predicted molar refractivity (Wildman–Crippen MR) is 62.5 cm³/mol. The Hall–Kier alpha value is -0.0800. The first-order chi connectivity index (χ1) is 6.66. The van der Waals surface area contributed by atoms with Gasteiger partial charge in [0, 0.05) is 6.04 Å². The molecule has 0 aliphatic rings. The van der Waals surface area contributed by atoms with Gasteiger partial charge in [-0.05, 0) is 33.2 Å². The molecule has 0 aromatic heterocycles. The fraction of sp³-hybridized carbons (Fsp3) is 1.00. The van der Waals surface area contributed by atoms with E-state index in [0.717, 1.165) is 13.0 Å². The van der Waals surface area contributed by atoms with Gasteiger partial charge in [-0.3, -0.25) is 0 Å². The van der Waals surface area contributed by atoms with Gasteiger partial charge in [-0.2, -0.15) is 0 Å². The normalized spacial score (nSPS) is 15.4. The van der Waals surface area contributed by atoms with Crippen molar-refractivity contribution < 1.29 is 5.11 Å². The molecule has 0 saturated heterocycles. The van der Waals surface area contributed by atoms with Crippen molar-refractivity contribution in [2.45, 2.75) is 71.4 Å². The lowest BCUT2D eigenvalue weighted by atomic mass is 10.1. The van der Waals surface area contributed by atoms with Crippen LogP contribution in [0.4, 0.5) is 0 Å². The Bertz CT molecular complexity index is 115. The zero-order valence-electron chi connectivity index (χ0n) is 10.1. The van der Waals surface area contributed by atoms with Crippen LogP contribution in [0.2, 0.25) is 0 Å². The zero-order valence-corrected chi connectivity index (χ0v) is 10.1. The molecule has 0 aromatic carbocycles. The van der Waals surface area contributed by atoms with Crippen LogP contribution >= 0.6 is 0 Å². The van der Waals surface area contributed by atoms with E-state index in [1.165, 1.54) is 32.1 Å². The van der Waals surface area contributed by atoms with E-state index >= 15 is 0 Å². The van der Waals surface area contributed by atoms with E-state index in [1.807, 2.05) is 6.92 Å². The summed E-state index contributed by atoms with van der Waals surface area (Å²) in [5, 5.41) is 12.5. The molecule has 0 amide bonds. The summed E-state index contributed by atoms with van der Waals surface area (Å²) < 4.78 is 0. The minimum Gasteiger partial charge on any atom is -0.393 e. The lowest BCUT2D eigenvalue weighted by Gasteiger charge is -2.14. The number of rotatable bonds is 9. The number of aliphatic hydroxyl groups excluding tert-OH is 1. The summed E-state index contributed by atoms with van der Waals surface area (Å²) in [5.41, 5.74) is 0. The Morgan fingerprint density at radius 1 is 1.07 bits per heavy atom. The zero-order chi connectivity index (χ0) is 10.8. The van der Waals surface area contributed by atoms with Gasteiger partial charge < -0.3 is 10.4 Å². The Morgan fingerprint density at radius 3 is 2.36 bits per heavy atom. The smallest absolute Gasteiger partial charge is 0.0524 e. The van der Waals surface area contributed by atoms with Crippen LogP contribution in [-0.2, 0) is 0 Å². The molecule has 0 aromatic rings. The summed E-state index contributed by atoms with van der Waals surface area (Å²) in [6, 6.07) is 0.602. The first kappa shape index (κ1) is 13.9. The molecule has 0 bridgehead atoms. The van der Waals surface area contributed by atoms with Gasteiger partial charge >= 0.3 is 0 Å². The lowest BCUT2D eigenvalue weighted by molar-refractivity contribution is 0.182. The summed E-state index contributed by atoms with van der Waals surface area (Å²) >= 11 is 0. The molecule has 0 fully saturated rings. The van der Waals surface area contributed by atoms with Gasteiger partial charge in [0.05, 0.1) is 6.10 Å². The molecule has 0 unspecified atom stereocenters. The van der Waals surface area contributed by atoms with Crippen LogP contribution in [-0.4, -0.2) is 23.8 Å². The van der Waals surface area contributed by atoms with Crippen LogP contribution in [0.25, 0.3) is 0 Å². The molecule has 0 saturated carbocycles. The molecule has 2 nitrogen and oxygen atoms in total. The third-order valence-corrected chi connectivity index (χ3v) is 2.55. The number of unbranched alkanes of at least 4 members (excludes halogenated alkanes) is 3. The molecule has 0 rings (SSSR count). The molecule has 2 N–H and O–H groups in total. The van der Waals surface area contributed by atoms with Gasteiger partial charge in [0.15, 0.2) is 0 Å². The molecule has 0 radical (unpaired) electrons. The van der Waals surface area contributed by atoms with E-state index in [9.17, 15) is 0 Å². The monoisotopic (exact) mass is 201 g/mol. The topological polar surface area (TPSA) is 32.3 Å². The SMILES string of the molecule is CCCCCC[C@H](C)NCC[C@@H](C)O. The minimum atomic E-state index is -0.171. The fourth-order valence-electron chi connectivity index (χ4n) is 1.52. The number of aliphatic hydroxyl groups is 1. The third kappa shape index (κ3) is 10.0. The van der Waals surface area contributed by atoms with E-state index in [0.29, 0.717) is 6.04 Å². The highest BCUT2D eigenvalue weighted by atomic mass is 16.3. The molecular formula is C12H27NO. The second-order valence-electron chi connectivity index (χ2n) is 4.34. The second-order valence-corrected chi connectivity index (χ2v) is 4.34. The molecule has 2 heteroatoms. The van der Waals surface area contributed by atoms with Crippen molar-refractivity contribution >= 4 is 0 Å². The van der Waals surface area contributed by atoms with Crippen LogP contribution in [0.5, 0.6) is 0 Å². The van der Waals surface area contributed by atoms with E-state index in [-0.39, 0.29) is 6.10 Å². The van der Waals surface area contributed by atoms with Crippen molar-refractivity contribution in [2.24, 2.45) is 0 Å². The summed E-state index contributed by atoms with van der Waals surface area (Å²) in [4.78, 5) is 0. The summed E-state index contributed by atoms with van der Waals surface area (Å²) in [7, 11) is 0. The van der Waals surface area contributed by atoms with Crippen molar-refractivity contribution in [1.82, 2.24) is 5.32 Å². The van der Waals surface area contributed by atoms with Crippen LogP contribution in [0, 0.1) is 0 Å². The first-order valence-corrected chi connectivity index (χ1v) is 6.08. The van der Waals surface area contributed by atoms with Crippen LogP contribution in [0.1, 0.15) is 59.3 Å². The van der Waals surface area contributed by atoms with E-state index < -0.39 is 0 Å². The van der Waals surface area contributed by atoms with E-state index in [4.69, 9.17) is 5.11 Å². The van der Waals surface area contributed by atoms with Gasteiger partial charge in [-0.1, -0.05) is 32.6 Å². The van der Waals surface area contributed by atoms with Crippen molar-refractivity contribution in [3.05, 3.63) is 0 Å². The van der Waals surface area contributed by atoms with Crippen LogP contribution < -0.4 is 5.32 Å². The van der Waals surface area contributed by atoms with Gasteiger partial charge in [0.25, 0.3) is 0 Å². The van der Waals surface area contributed by atoms with E-state index in [1.54, 1.807) is 0 Å². The molecule has 0 spiro atoms.